The second-order valence-electron chi connectivity index (χ2n) is 10.3. The Hall–Kier alpha value is -3.96. The zero-order valence-electron chi connectivity index (χ0n) is 22.1. The van der Waals surface area contributed by atoms with Crippen LogP contribution in [0.2, 0.25) is 0 Å². The summed E-state index contributed by atoms with van der Waals surface area (Å²) in [5, 5.41) is 5.94. The van der Waals surface area contributed by atoms with Gasteiger partial charge in [-0.2, -0.15) is 13.2 Å². The van der Waals surface area contributed by atoms with E-state index in [1.807, 2.05) is 18.0 Å². The lowest BCUT2D eigenvalue weighted by Gasteiger charge is -2.33. The number of hydrogen-bond donors (Lipinski definition) is 3. The number of nitrogens with zero attached hydrogens (tertiary/aromatic N) is 3. The van der Waals surface area contributed by atoms with Gasteiger partial charge >= 0.3 is 6.18 Å². The Kier molecular flexibility index (Phi) is 7.77. The molecule has 0 aliphatic carbocycles. The topological polar surface area (TPSA) is 104 Å². The van der Waals surface area contributed by atoms with Crippen molar-refractivity contribution in [1.82, 2.24) is 14.8 Å². The van der Waals surface area contributed by atoms with Gasteiger partial charge in [0.15, 0.2) is 0 Å². The first-order chi connectivity index (χ1) is 19.1. The van der Waals surface area contributed by atoms with Gasteiger partial charge in [-0.1, -0.05) is 12.1 Å². The number of alkyl halides is 3. The summed E-state index contributed by atoms with van der Waals surface area (Å²) in [5.74, 6) is -1.24. The maximum absolute atomic E-state index is 14.8. The highest BCUT2D eigenvalue weighted by Gasteiger charge is 2.38. The zero-order chi connectivity index (χ0) is 28.4. The van der Waals surface area contributed by atoms with Crippen molar-refractivity contribution < 1.29 is 22.8 Å². The van der Waals surface area contributed by atoms with Crippen LogP contribution in [-0.4, -0.2) is 66.4 Å². The fraction of sp³-hybridized carbons (Fsp3) is 0.345. The van der Waals surface area contributed by atoms with Gasteiger partial charge in [-0.15, -0.1) is 0 Å². The number of carbonyl (C=O) groups is 2. The Balaban J connectivity index is 1.55. The van der Waals surface area contributed by atoms with Crippen molar-refractivity contribution in [3.05, 3.63) is 87.7 Å². The fourth-order valence-corrected chi connectivity index (χ4v) is 5.28. The second kappa shape index (κ2) is 11.3. The van der Waals surface area contributed by atoms with E-state index >= 15 is 0 Å². The van der Waals surface area contributed by atoms with E-state index in [2.05, 4.69) is 20.5 Å². The van der Waals surface area contributed by atoms with Crippen molar-refractivity contribution >= 4 is 23.2 Å². The van der Waals surface area contributed by atoms with E-state index in [4.69, 9.17) is 5.73 Å². The van der Waals surface area contributed by atoms with E-state index < -0.39 is 23.6 Å². The van der Waals surface area contributed by atoms with Crippen molar-refractivity contribution in [2.24, 2.45) is 5.73 Å². The number of rotatable bonds is 7. The molecule has 0 saturated carbocycles. The van der Waals surface area contributed by atoms with E-state index in [-0.39, 0.29) is 35.3 Å². The molecule has 1 saturated heterocycles. The highest BCUT2D eigenvalue weighted by Crippen LogP contribution is 2.40. The molecule has 2 aliphatic rings. The number of likely N-dealkylation sites (N-methyl/N-ethyl adjacent to an activating group) is 1. The van der Waals surface area contributed by atoms with Gasteiger partial charge in [0.25, 0.3) is 5.91 Å². The lowest BCUT2D eigenvalue weighted by molar-refractivity contribution is -0.139. The summed E-state index contributed by atoms with van der Waals surface area (Å²) in [7, 11) is 1.99. The molecular formula is C29H31F3N6O2. The van der Waals surface area contributed by atoms with Crippen LogP contribution in [-0.2, 0) is 25.6 Å². The highest BCUT2D eigenvalue weighted by atomic mass is 19.4. The number of carbonyl (C=O) groups excluding carboxylic acids is 2. The summed E-state index contributed by atoms with van der Waals surface area (Å²) in [6.07, 6.45) is -1.38. The molecule has 0 bridgehead atoms. The number of benzene rings is 2. The Bertz CT molecular complexity index is 1430. The molecule has 11 heteroatoms. The van der Waals surface area contributed by atoms with Gasteiger partial charge in [-0.05, 0) is 60.0 Å². The molecule has 3 aromatic rings. The van der Waals surface area contributed by atoms with Gasteiger partial charge in [0.05, 0.1) is 11.1 Å². The standard InChI is InChI=1S/C29H31F3N6O2/c1-37-8-10-38(11-9-37)17-21-4-5-24(36-28(40)20-3-2-19-6-7-35-25(19)14-20)23(26(21)29(30,31)32)13-18-12-22(27(33)39)16-34-15-18/h2-5,12,14-16,35H,6-11,13,17H2,1H3,(H2,33,39)(H,36,40). The Morgan fingerprint density at radius 2 is 1.82 bits per heavy atom. The number of nitrogens with two attached hydrogens (primary N) is 1. The molecule has 5 rings (SSSR count). The number of amides is 2. The molecule has 4 N–H and O–H groups in total. The second-order valence-corrected chi connectivity index (χ2v) is 10.3. The van der Waals surface area contributed by atoms with Gasteiger partial charge < -0.3 is 21.3 Å². The number of pyridine rings is 1. The Labute approximate surface area is 230 Å². The van der Waals surface area contributed by atoms with E-state index in [0.717, 1.165) is 37.3 Å². The number of hydrogen-bond acceptors (Lipinski definition) is 6. The largest absolute Gasteiger partial charge is 0.417 e. The van der Waals surface area contributed by atoms with Crippen LogP contribution in [0.25, 0.3) is 0 Å². The number of aromatic nitrogens is 1. The van der Waals surface area contributed by atoms with E-state index in [9.17, 15) is 22.8 Å². The number of nitrogens with one attached hydrogen (secondary N) is 2. The quantitative estimate of drug-likeness (QED) is 0.413. The first kappa shape index (κ1) is 27.6. The molecular weight excluding hydrogens is 521 g/mol. The average molecular weight is 553 g/mol. The minimum absolute atomic E-state index is 0.0531. The molecule has 3 heterocycles. The minimum atomic E-state index is -4.69. The Morgan fingerprint density at radius 3 is 2.55 bits per heavy atom. The fourth-order valence-electron chi connectivity index (χ4n) is 5.28. The van der Waals surface area contributed by atoms with Crippen molar-refractivity contribution in [1.29, 1.82) is 0 Å². The van der Waals surface area contributed by atoms with E-state index in [1.165, 1.54) is 30.6 Å². The van der Waals surface area contributed by atoms with Crippen molar-refractivity contribution in [2.75, 3.05) is 50.4 Å². The van der Waals surface area contributed by atoms with Crippen molar-refractivity contribution in [3.8, 4) is 0 Å². The molecule has 0 unspecified atom stereocenters. The van der Waals surface area contributed by atoms with Crippen LogP contribution < -0.4 is 16.4 Å². The normalized spacial score (nSPS) is 15.9. The summed E-state index contributed by atoms with van der Waals surface area (Å²) in [4.78, 5) is 33.1. The van der Waals surface area contributed by atoms with Crippen LogP contribution in [0, 0.1) is 0 Å². The van der Waals surface area contributed by atoms with Crippen molar-refractivity contribution in [3.63, 3.8) is 0 Å². The molecule has 40 heavy (non-hydrogen) atoms. The monoisotopic (exact) mass is 552 g/mol. The van der Waals surface area contributed by atoms with Crippen LogP contribution in [0.15, 0.2) is 48.8 Å². The van der Waals surface area contributed by atoms with E-state index in [1.54, 1.807) is 12.1 Å². The van der Waals surface area contributed by atoms with Crippen LogP contribution in [0.4, 0.5) is 24.5 Å². The lowest BCUT2D eigenvalue weighted by Crippen LogP contribution is -2.44. The number of piperazine rings is 1. The van der Waals surface area contributed by atoms with Gasteiger partial charge in [-0.3, -0.25) is 19.5 Å². The number of primary amides is 1. The molecule has 0 radical (unpaired) electrons. The summed E-state index contributed by atoms with van der Waals surface area (Å²) in [6, 6.07) is 9.65. The molecule has 2 aliphatic heterocycles. The average Bonchev–Trinajstić information content (AvgIpc) is 3.39. The summed E-state index contributed by atoms with van der Waals surface area (Å²) in [6.45, 7) is 3.73. The van der Waals surface area contributed by atoms with Crippen molar-refractivity contribution in [2.45, 2.75) is 25.6 Å². The van der Waals surface area contributed by atoms with E-state index in [0.29, 0.717) is 24.2 Å². The molecule has 2 amide bonds. The molecule has 1 fully saturated rings. The third kappa shape index (κ3) is 6.10. The maximum atomic E-state index is 14.8. The summed E-state index contributed by atoms with van der Waals surface area (Å²) >= 11 is 0. The molecule has 2 aromatic carbocycles. The highest BCUT2D eigenvalue weighted by molar-refractivity contribution is 6.05. The Morgan fingerprint density at radius 1 is 1.05 bits per heavy atom. The molecule has 210 valence electrons. The predicted molar refractivity (Wildman–Crippen MR) is 146 cm³/mol. The van der Waals surface area contributed by atoms with Gasteiger partial charge in [0.2, 0.25) is 5.91 Å². The van der Waals surface area contributed by atoms with Crippen LogP contribution in [0.5, 0.6) is 0 Å². The van der Waals surface area contributed by atoms with Crippen LogP contribution in [0.1, 0.15) is 48.5 Å². The van der Waals surface area contributed by atoms with Crippen LogP contribution >= 0.6 is 0 Å². The van der Waals surface area contributed by atoms with Gasteiger partial charge in [0, 0.05) is 75.0 Å². The first-order valence-corrected chi connectivity index (χ1v) is 13.1. The SMILES string of the molecule is CN1CCN(Cc2ccc(NC(=O)c3ccc4c(c3)NCC4)c(Cc3cncc(C(N)=O)c3)c2C(F)(F)F)CC1. The maximum Gasteiger partial charge on any atom is 0.417 e. The summed E-state index contributed by atoms with van der Waals surface area (Å²) < 4.78 is 44.4. The first-order valence-electron chi connectivity index (χ1n) is 13.1. The predicted octanol–water partition coefficient (Wildman–Crippen LogP) is 3.76. The summed E-state index contributed by atoms with van der Waals surface area (Å²) in [5.41, 5.74) is 7.43. The molecule has 0 atom stereocenters. The number of anilines is 2. The van der Waals surface area contributed by atoms with Gasteiger partial charge in [0.1, 0.15) is 0 Å². The molecule has 8 nitrogen and oxygen atoms in total. The van der Waals surface area contributed by atoms with Crippen LogP contribution in [0.3, 0.4) is 0 Å². The number of halogens is 3. The third-order valence-corrected chi connectivity index (χ3v) is 7.46. The lowest BCUT2D eigenvalue weighted by atomic mass is 9.92. The molecule has 1 aromatic heterocycles. The third-order valence-electron chi connectivity index (χ3n) is 7.46. The zero-order valence-corrected chi connectivity index (χ0v) is 22.1. The van der Waals surface area contributed by atoms with Gasteiger partial charge in [-0.25, -0.2) is 0 Å². The minimum Gasteiger partial charge on any atom is -0.384 e. The number of fused-ring (bicyclic) bond motifs is 1. The smallest absolute Gasteiger partial charge is 0.384 e. The molecule has 0 spiro atoms.